The van der Waals surface area contributed by atoms with E-state index in [0.717, 1.165) is 36.4 Å². The summed E-state index contributed by atoms with van der Waals surface area (Å²) < 4.78 is 7.17. The van der Waals surface area contributed by atoms with Gasteiger partial charge in [0.05, 0.1) is 24.4 Å². The number of carbonyl (C=O) groups is 1. The van der Waals surface area contributed by atoms with Gasteiger partial charge in [0.25, 0.3) is 5.91 Å². The summed E-state index contributed by atoms with van der Waals surface area (Å²) in [4.78, 5) is 16.9. The molecule has 1 saturated heterocycles. The van der Waals surface area contributed by atoms with Crippen molar-refractivity contribution in [2.24, 2.45) is 0 Å². The average Bonchev–Trinajstić information content (AvgIpc) is 3.30. The number of fused-ring (bicyclic) bond motifs is 1. The van der Waals surface area contributed by atoms with Gasteiger partial charge >= 0.3 is 0 Å². The summed E-state index contributed by atoms with van der Waals surface area (Å²) in [5.74, 6) is 1.54. The fourth-order valence-electron chi connectivity index (χ4n) is 3.34. The molecule has 2 aromatic rings. The summed E-state index contributed by atoms with van der Waals surface area (Å²) in [5, 5.41) is 11.6. The summed E-state index contributed by atoms with van der Waals surface area (Å²) in [5.41, 5.74) is 1.62. The number of allylic oxidation sites excluding steroid dienone is 1. The van der Waals surface area contributed by atoms with Crippen LogP contribution in [0.15, 0.2) is 34.1 Å². The highest BCUT2D eigenvalue weighted by molar-refractivity contribution is 5.95. The van der Waals surface area contributed by atoms with Gasteiger partial charge in [0, 0.05) is 19.3 Å². The zero-order valence-electron chi connectivity index (χ0n) is 13.1. The molecule has 2 aliphatic heterocycles. The molecule has 1 atom stereocenters. The Labute approximate surface area is 133 Å². The fourth-order valence-corrected chi connectivity index (χ4v) is 3.34. The molecule has 0 aliphatic carbocycles. The minimum Gasteiger partial charge on any atom is -0.467 e. The molecule has 4 rings (SSSR count). The Hall–Kier alpha value is -2.64. The van der Waals surface area contributed by atoms with Crippen molar-refractivity contribution in [3.8, 4) is 0 Å². The van der Waals surface area contributed by atoms with Crippen LogP contribution in [0.5, 0.6) is 0 Å². The Balaban J connectivity index is 1.65. The van der Waals surface area contributed by atoms with Crippen molar-refractivity contribution in [1.29, 1.82) is 0 Å². The van der Waals surface area contributed by atoms with Gasteiger partial charge in [-0.25, -0.2) is 4.68 Å². The van der Waals surface area contributed by atoms with Crippen LogP contribution in [-0.4, -0.2) is 44.6 Å². The largest absolute Gasteiger partial charge is 0.467 e. The first-order chi connectivity index (χ1) is 11.2. The molecule has 2 aromatic heterocycles. The number of aromatic nitrogens is 4. The number of furan rings is 1. The highest BCUT2D eigenvalue weighted by Crippen LogP contribution is 2.35. The second-order valence-corrected chi connectivity index (χ2v) is 5.93. The first kappa shape index (κ1) is 14.0. The van der Waals surface area contributed by atoms with Crippen LogP contribution < -0.4 is 4.90 Å². The van der Waals surface area contributed by atoms with E-state index in [1.54, 1.807) is 10.9 Å². The zero-order chi connectivity index (χ0) is 16.0. The molecule has 120 valence electrons. The first-order valence-corrected chi connectivity index (χ1v) is 7.71. The van der Waals surface area contributed by atoms with Crippen LogP contribution in [0.1, 0.15) is 31.6 Å². The first-order valence-electron chi connectivity index (χ1n) is 7.71. The quantitative estimate of drug-likeness (QED) is 0.832. The fraction of sp³-hybridized carbons (Fsp3) is 0.467. The van der Waals surface area contributed by atoms with Crippen molar-refractivity contribution in [2.75, 3.05) is 18.5 Å². The number of hydrogen-bond acceptors (Lipinski definition) is 6. The Kier molecular flexibility index (Phi) is 3.17. The van der Waals surface area contributed by atoms with Crippen molar-refractivity contribution in [2.45, 2.75) is 32.4 Å². The summed E-state index contributed by atoms with van der Waals surface area (Å²) in [6.45, 7) is 3.08. The molecule has 4 heterocycles. The smallest absolute Gasteiger partial charge is 0.254 e. The van der Waals surface area contributed by atoms with Gasteiger partial charge < -0.3 is 14.2 Å². The number of carbonyl (C=O) groups excluding carboxylic acids is 1. The van der Waals surface area contributed by atoms with Crippen molar-refractivity contribution >= 4 is 11.9 Å². The minimum atomic E-state index is 0.0124. The van der Waals surface area contributed by atoms with Gasteiger partial charge in [0.1, 0.15) is 5.76 Å². The van der Waals surface area contributed by atoms with Gasteiger partial charge in [-0.2, -0.15) is 0 Å². The second-order valence-electron chi connectivity index (χ2n) is 5.93. The average molecular weight is 314 g/mol. The van der Waals surface area contributed by atoms with Crippen LogP contribution in [0, 0.1) is 0 Å². The van der Waals surface area contributed by atoms with Gasteiger partial charge in [-0.1, -0.05) is 5.10 Å². The number of amides is 1. The lowest BCUT2D eigenvalue weighted by molar-refractivity contribution is -0.128. The number of nitrogens with zero attached hydrogens (tertiary/aromatic N) is 6. The summed E-state index contributed by atoms with van der Waals surface area (Å²) in [6, 6.07) is 3.81. The van der Waals surface area contributed by atoms with Gasteiger partial charge in [0.2, 0.25) is 5.95 Å². The summed E-state index contributed by atoms with van der Waals surface area (Å²) >= 11 is 0. The highest BCUT2D eigenvalue weighted by atomic mass is 16.3. The molecule has 0 saturated carbocycles. The standard InChI is InChI=1S/C15H18N6O2/c1-10-11(9-21-15(19(10)2)16-17-18-21)14(22)20-7-3-5-12(20)13-6-4-8-23-13/h4,6,8,12H,3,5,7,9H2,1-2H3. The third kappa shape index (κ3) is 2.13. The number of hydrogen-bond donors (Lipinski definition) is 0. The SMILES string of the molecule is CC1=C(C(=O)N2CCCC2c2ccco2)Cn2nnnc2N1C. The highest BCUT2D eigenvalue weighted by Gasteiger charge is 2.36. The molecule has 0 bridgehead atoms. The van der Waals surface area contributed by atoms with Crippen molar-refractivity contribution in [3.63, 3.8) is 0 Å². The Morgan fingerprint density at radius 1 is 1.43 bits per heavy atom. The maximum atomic E-state index is 13.1. The Morgan fingerprint density at radius 3 is 3.09 bits per heavy atom. The van der Waals surface area contributed by atoms with Crippen LogP contribution in [0.2, 0.25) is 0 Å². The topological polar surface area (TPSA) is 80.3 Å². The lowest BCUT2D eigenvalue weighted by Gasteiger charge is -2.30. The van der Waals surface area contributed by atoms with E-state index in [9.17, 15) is 4.79 Å². The van der Waals surface area contributed by atoms with E-state index in [4.69, 9.17) is 4.42 Å². The molecule has 0 spiro atoms. The molecule has 0 N–H and O–H groups in total. The van der Waals surface area contributed by atoms with Crippen LogP contribution in [-0.2, 0) is 11.3 Å². The van der Waals surface area contributed by atoms with E-state index in [2.05, 4.69) is 15.5 Å². The zero-order valence-corrected chi connectivity index (χ0v) is 13.1. The predicted molar refractivity (Wildman–Crippen MR) is 81.3 cm³/mol. The summed E-state index contributed by atoms with van der Waals surface area (Å²) in [6.07, 6.45) is 3.57. The van der Waals surface area contributed by atoms with E-state index < -0.39 is 0 Å². The van der Waals surface area contributed by atoms with Crippen LogP contribution in [0.3, 0.4) is 0 Å². The van der Waals surface area contributed by atoms with Crippen molar-refractivity contribution < 1.29 is 9.21 Å². The predicted octanol–water partition coefficient (Wildman–Crippen LogP) is 1.35. The maximum absolute atomic E-state index is 13.1. The third-order valence-corrected chi connectivity index (χ3v) is 4.70. The van der Waals surface area contributed by atoms with Crippen molar-refractivity contribution in [1.82, 2.24) is 25.1 Å². The van der Waals surface area contributed by atoms with E-state index >= 15 is 0 Å². The molecule has 1 unspecified atom stereocenters. The Bertz CT molecular complexity index is 763. The van der Waals surface area contributed by atoms with E-state index in [0.29, 0.717) is 12.5 Å². The molecule has 8 heteroatoms. The number of rotatable bonds is 2. The van der Waals surface area contributed by atoms with Gasteiger partial charge in [-0.15, -0.1) is 0 Å². The third-order valence-electron chi connectivity index (χ3n) is 4.70. The lowest BCUT2D eigenvalue weighted by atomic mass is 10.1. The number of anilines is 1. The second kappa shape index (κ2) is 5.22. The molecular weight excluding hydrogens is 296 g/mol. The molecule has 8 nitrogen and oxygen atoms in total. The molecule has 23 heavy (non-hydrogen) atoms. The summed E-state index contributed by atoms with van der Waals surface area (Å²) in [7, 11) is 1.87. The van der Waals surface area contributed by atoms with Crippen LogP contribution in [0.4, 0.5) is 5.95 Å². The van der Waals surface area contributed by atoms with Gasteiger partial charge in [-0.3, -0.25) is 4.79 Å². The maximum Gasteiger partial charge on any atom is 0.254 e. The number of likely N-dealkylation sites (tertiary alicyclic amines) is 1. The van der Waals surface area contributed by atoms with Crippen molar-refractivity contribution in [3.05, 3.63) is 35.4 Å². The molecular formula is C15H18N6O2. The molecule has 1 amide bonds. The molecule has 1 fully saturated rings. The Morgan fingerprint density at radius 2 is 2.30 bits per heavy atom. The van der Waals surface area contributed by atoms with E-state index in [1.807, 2.05) is 35.9 Å². The number of tetrazole rings is 1. The van der Waals surface area contributed by atoms with E-state index in [1.165, 1.54) is 0 Å². The van der Waals surface area contributed by atoms with E-state index in [-0.39, 0.29) is 11.9 Å². The molecule has 2 aliphatic rings. The van der Waals surface area contributed by atoms with Gasteiger partial charge in [-0.05, 0) is 42.3 Å². The minimum absolute atomic E-state index is 0.0124. The molecule has 0 aromatic carbocycles. The molecule has 0 radical (unpaired) electrons. The normalized spacial score (nSPS) is 21.0. The lowest BCUT2D eigenvalue weighted by Crippen LogP contribution is -2.37. The van der Waals surface area contributed by atoms with Gasteiger partial charge in [0.15, 0.2) is 0 Å². The van der Waals surface area contributed by atoms with Crippen LogP contribution >= 0.6 is 0 Å². The monoisotopic (exact) mass is 314 g/mol. The van der Waals surface area contributed by atoms with Crippen LogP contribution in [0.25, 0.3) is 0 Å².